The summed E-state index contributed by atoms with van der Waals surface area (Å²) in [5.41, 5.74) is 5.57. The molecule has 0 atom stereocenters. The van der Waals surface area contributed by atoms with Gasteiger partial charge in [-0.1, -0.05) is 24.3 Å². The van der Waals surface area contributed by atoms with Crippen LogP contribution in [0.15, 0.2) is 77.5 Å². The highest BCUT2D eigenvalue weighted by Gasteiger charge is 2.21. The van der Waals surface area contributed by atoms with E-state index in [1.165, 1.54) is 29.7 Å². The fourth-order valence-electron chi connectivity index (χ4n) is 4.43. The third-order valence-corrected chi connectivity index (χ3v) is 7.47. The van der Waals surface area contributed by atoms with Gasteiger partial charge in [-0.05, 0) is 59.3 Å². The van der Waals surface area contributed by atoms with Crippen LogP contribution in [0.1, 0.15) is 37.4 Å². The molecule has 1 saturated heterocycles. The van der Waals surface area contributed by atoms with E-state index in [0.29, 0.717) is 27.3 Å². The lowest BCUT2D eigenvalue weighted by Gasteiger charge is -2.34. The molecule has 3 heterocycles. The van der Waals surface area contributed by atoms with Crippen molar-refractivity contribution >= 4 is 40.3 Å². The van der Waals surface area contributed by atoms with Crippen LogP contribution in [0.3, 0.4) is 0 Å². The number of rotatable bonds is 8. The van der Waals surface area contributed by atoms with E-state index in [2.05, 4.69) is 35.6 Å². The van der Waals surface area contributed by atoms with E-state index in [-0.39, 0.29) is 5.91 Å². The fourth-order valence-corrected chi connectivity index (χ4v) is 5.37. The molecule has 0 radical (unpaired) electrons. The van der Waals surface area contributed by atoms with Crippen molar-refractivity contribution in [2.45, 2.75) is 13.5 Å². The van der Waals surface area contributed by atoms with E-state index in [0.717, 1.165) is 44.2 Å². The van der Waals surface area contributed by atoms with Gasteiger partial charge in [0.1, 0.15) is 10.8 Å². The third kappa shape index (κ3) is 6.74. The summed E-state index contributed by atoms with van der Waals surface area (Å²) in [6.45, 7) is 5.91. The molecule has 0 bridgehead atoms. The number of nitrogens with one attached hydrogen (secondary N) is 2. The number of amides is 2. The summed E-state index contributed by atoms with van der Waals surface area (Å²) in [5, 5.41) is 9.05. The molecule has 5 rings (SSSR count). The Bertz CT molecular complexity index is 1520. The minimum atomic E-state index is -0.463. The molecule has 1 fully saturated rings. The van der Waals surface area contributed by atoms with Gasteiger partial charge in [0.05, 0.1) is 11.8 Å². The number of piperazine rings is 1. The fraction of sp³-hybridized carbons (Fsp3) is 0.207. The van der Waals surface area contributed by atoms with Gasteiger partial charge in [-0.3, -0.25) is 14.5 Å². The number of hydrogen-bond acceptors (Lipinski definition) is 8. The van der Waals surface area contributed by atoms with Crippen LogP contribution in [-0.2, 0) is 6.54 Å². The largest absolute Gasteiger partial charge is 0.338 e. The minimum Gasteiger partial charge on any atom is -0.338 e. The quantitative estimate of drug-likeness (QED) is 0.247. The standard InChI is InChI=1S/C29H28FN7O2S/c1-20-19-40-28(25(20)27(39)35-33-17-21-5-3-8-24(30)16-21)34-26(38)23-7-2-6-22(15-23)18-36-11-13-37(14-12-36)29-31-9-4-10-32-29/h2-10,15-17,19H,11-14,18H2,1H3,(H,34,38)(H,35,39)/b33-17+. The lowest BCUT2D eigenvalue weighted by molar-refractivity contribution is 0.0956. The molecule has 2 amide bonds. The van der Waals surface area contributed by atoms with Gasteiger partial charge in [-0.2, -0.15) is 5.10 Å². The summed E-state index contributed by atoms with van der Waals surface area (Å²) in [6, 6.07) is 15.2. The number of nitrogens with zero attached hydrogens (tertiary/aromatic N) is 5. The van der Waals surface area contributed by atoms with Crippen LogP contribution < -0.4 is 15.6 Å². The second-order valence-corrected chi connectivity index (χ2v) is 10.2. The summed E-state index contributed by atoms with van der Waals surface area (Å²) in [5.74, 6) is -0.405. The first-order chi connectivity index (χ1) is 19.5. The molecule has 2 aromatic heterocycles. The molecular formula is C29H28FN7O2S. The normalized spacial score (nSPS) is 13.9. The van der Waals surface area contributed by atoms with Gasteiger partial charge in [0.2, 0.25) is 5.95 Å². The monoisotopic (exact) mass is 557 g/mol. The Labute approximate surface area is 235 Å². The van der Waals surface area contributed by atoms with E-state index in [1.54, 1.807) is 42.9 Å². The number of carbonyl (C=O) groups excluding carboxylic acids is 2. The zero-order valence-electron chi connectivity index (χ0n) is 21.9. The summed E-state index contributed by atoms with van der Waals surface area (Å²) < 4.78 is 13.4. The molecule has 204 valence electrons. The SMILES string of the molecule is Cc1csc(NC(=O)c2cccc(CN3CCN(c4ncccn4)CC3)c2)c1C(=O)N/N=C/c1cccc(F)c1. The van der Waals surface area contributed by atoms with E-state index in [4.69, 9.17) is 0 Å². The van der Waals surface area contributed by atoms with Crippen LogP contribution in [0.25, 0.3) is 0 Å². The van der Waals surface area contributed by atoms with Crippen LogP contribution in [0.4, 0.5) is 15.3 Å². The van der Waals surface area contributed by atoms with Crippen molar-refractivity contribution in [3.63, 3.8) is 0 Å². The summed E-state index contributed by atoms with van der Waals surface area (Å²) in [4.78, 5) is 39.2. The van der Waals surface area contributed by atoms with Crippen molar-refractivity contribution < 1.29 is 14.0 Å². The van der Waals surface area contributed by atoms with Crippen molar-refractivity contribution in [3.05, 3.63) is 106 Å². The van der Waals surface area contributed by atoms with E-state index in [9.17, 15) is 14.0 Å². The predicted octanol–water partition coefficient (Wildman–Crippen LogP) is 4.32. The Hall–Kier alpha value is -4.48. The lowest BCUT2D eigenvalue weighted by atomic mass is 10.1. The van der Waals surface area contributed by atoms with Gasteiger partial charge in [0.25, 0.3) is 11.8 Å². The first-order valence-electron chi connectivity index (χ1n) is 12.8. The molecular weight excluding hydrogens is 529 g/mol. The minimum absolute atomic E-state index is 0.299. The summed E-state index contributed by atoms with van der Waals surface area (Å²) in [6.07, 6.45) is 4.87. The van der Waals surface area contributed by atoms with Gasteiger partial charge in [0, 0.05) is 50.7 Å². The Morgan fingerprint density at radius 3 is 2.58 bits per heavy atom. The van der Waals surface area contributed by atoms with E-state index >= 15 is 0 Å². The number of thiophene rings is 1. The van der Waals surface area contributed by atoms with Crippen molar-refractivity contribution in [3.8, 4) is 0 Å². The number of aryl methyl sites for hydroxylation is 1. The highest BCUT2D eigenvalue weighted by Crippen LogP contribution is 2.28. The van der Waals surface area contributed by atoms with Crippen LogP contribution in [0.5, 0.6) is 0 Å². The predicted molar refractivity (Wildman–Crippen MR) is 154 cm³/mol. The molecule has 4 aromatic rings. The van der Waals surface area contributed by atoms with Crippen molar-refractivity contribution in [1.29, 1.82) is 0 Å². The van der Waals surface area contributed by atoms with Crippen molar-refractivity contribution in [2.24, 2.45) is 5.10 Å². The Morgan fingerprint density at radius 1 is 1.02 bits per heavy atom. The van der Waals surface area contributed by atoms with Crippen LogP contribution in [-0.4, -0.2) is 59.1 Å². The van der Waals surface area contributed by atoms with Crippen LogP contribution in [0.2, 0.25) is 0 Å². The number of anilines is 2. The highest BCUT2D eigenvalue weighted by molar-refractivity contribution is 7.15. The molecule has 9 nitrogen and oxygen atoms in total. The number of aromatic nitrogens is 2. The first-order valence-corrected chi connectivity index (χ1v) is 13.7. The number of hydrogen-bond donors (Lipinski definition) is 2. The van der Waals surface area contributed by atoms with Gasteiger partial charge in [-0.25, -0.2) is 19.8 Å². The van der Waals surface area contributed by atoms with Crippen molar-refractivity contribution in [1.82, 2.24) is 20.3 Å². The molecule has 40 heavy (non-hydrogen) atoms. The lowest BCUT2D eigenvalue weighted by Crippen LogP contribution is -2.46. The average molecular weight is 558 g/mol. The zero-order chi connectivity index (χ0) is 27.9. The van der Waals surface area contributed by atoms with Gasteiger partial charge in [0.15, 0.2) is 0 Å². The number of halogens is 1. The number of carbonyl (C=O) groups is 2. The van der Waals surface area contributed by atoms with Gasteiger partial charge >= 0.3 is 0 Å². The van der Waals surface area contributed by atoms with Gasteiger partial charge < -0.3 is 10.2 Å². The second-order valence-electron chi connectivity index (χ2n) is 9.34. The van der Waals surface area contributed by atoms with Crippen molar-refractivity contribution in [2.75, 3.05) is 36.4 Å². The highest BCUT2D eigenvalue weighted by atomic mass is 32.1. The molecule has 1 aliphatic heterocycles. The molecule has 0 spiro atoms. The maximum absolute atomic E-state index is 13.4. The van der Waals surface area contributed by atoms with Crippen LogP contribution >= 0.6 is 11.3 Å². The molecule has 0 unspecified atom stereocenters. The molecule has 0 saturated carbocycles. The smallest absolute Gasteiger partial charge is 0.274 e. The molecule has 11 heteroatoms. The topological polar surface area (TPSA) is 103 Å². The Morgan fingerprint density at radius 2 is 1.80 bits per heavy atom. The van der Waals surface area contributed by atoms with Gasteiger partial charge in [-0.15, -0.1) is 11.3 Å². The Balaban J connectivity index is 1.19. The number of hydrazone groups is 1. The number of benzene rings is 2. The average Bonchev–Trinajstić information content (AvgIpc) is 3.33. The molecule has 2 aromatic carbocycles. The van der Waals surface area contributed by atoms with E-state index in [1.807, 2.05) is 24.3 Å². The molecule has 0 aliphatic carbocycles. The maximum Gasteiger partial charge on any atom is 0.274 e. The summed E-state index contributed by atoms with van der Waals surface area (Å²) >= 11 is 1.27. The maximum atomic E-state index is 13.4. The molecule has 1 aliphatic rings. The first kappa shape index (κ1) is 27.1. The van der Waals surface area contributed by atoms with Crippen LogP contribution in [0, 0.1) is 12.7 Å². The van der Waals surface area contributed by atoms with E-state index < -0.39 is 11.7 Å². The molecule has 2 N–H and O–H groups in total. The third-order valence-electron chi connectivity index (χ3n) is 6.46. The second kappa shape index (κ2) is 12.6. The summed E-state index contributed by atoms with van der Waals surface area (Å²) in [7, 11) is 0. The zero-order valence-corrected chi connectivity index (χ0v) is 22.7. The Kier molecular flexibility index (Phi) is 8.53.